The first kappa shape index (κ1) is 22.0. The first-order valence-corrected chi connectivity index (χ1v) is 11.2. The van der Waals surface area contributed by atoms with Gasteiger partial charge in [-0.05, 0) is 49.4 Å². The van der Waals surface area contributed by atoms with E-state index in [4.69, 9.17) is 31.1 Å². The standard InChI is InChI=1S/C26H23ClN4O3/c1-15-22(25(32)29-17-13-11-16(27)12-14-17)23(18-7-6-10-21(33-2)24(18)34-3)31-20-9-5-4-8-19(20)30-26(31)28-15/h4-14,22-23H,1-3H3,(H,29,32). The van der Waals surface area contributed by atoms with Gasteiger partial charge in [0.15, 0.2) is 11.5 Å². The summed E-state index contributed by atoms with van der Waals surface area (Å²) in [6.07, 6.45) is 0. The van der Waals surface area contributed by atoms with Gasteiger partial charge in [0.2, 0.25) is 11.9 Å². The van der Waals surface area contributed by atoms with Crippen LogP contribution in [0.3, 0.4) is 0 Å². The van der Waals surface area contributed by atoms with Gasteiger partial charge in [0.25, 0.3) is 0 Å². The Balaban J connectivity index is 1.70. The van der Waals surface area contributed by atoms with Crippen molar-refractivity contribution in [1.29, 1.82) is 0 Å². The number of benzene rings is 3. The molecule has 0 saturated heterocycles. The highest BCUT2D eigenvalue weighted by molar-refractivity contribution is 6.30. The van der Waals surface area contributed by atoms with E-state index < -0.39 is 12.0 Å². The molecule has 0 radical (unpaired) electrons. The number of hydrogen-bond donors (Lipinski definition) is 1. The molecule has 2 heterocycles. The van der Waals surface area contributed by atoms with Crippen LogP contribution < -0.4 is 14.8 Å². The molecule has 34 heavy (non-hydrogen) atoms. The monoisotopic (exact) mass is 474 g/mol. The van der Waals surface area contributed by atoms with E-state index in [1.807, 2.05) is 54.0 Å². The second-order valence-electron chi connectivity index (χ2n) is 8.03. The molecule has 0 fully saturated rings. The number of halogens is 1. The third-order valence-corrected chi connectivity index (χ3v) is 6.30. The summed E-state index contributed by atoms with van der Waals surface area (Å²) >= 11 is 6.02. The molecule has 0 saturated carbocycles. The topological polar surface area (TPSA) is 77.7 Å². The van der Waals surface area contributed by atoms with E-state index in [-0.39, 0.29) is 5.91 Å². The number of aromatic nitrogens is 2. The van der Waals surface area contributed by atoms with E-state index in [1.54, 1.807) is 38.5 Å². The summed E-state index contributed by atoms with van der Waals surface area (Å²) in [6.45, 7) is 1.86. The average molecular weight is 475 g/mol. The number of carbonyl (C=O) groups excluding carboxylic acids is 1. The van der Waals surface area contributed by atoms with Crippen molar-refractivity contribution in [3.63, 3.8) is 0 Å². The molecule has 1 aromatic heterocycles. The lowest BCUT2D eigenvalue weighted by atomic mass is 9.86. The average Bonchev–Trinajstić information content (AvgIpc) is 3.21. The van der Waals surface area contributed by atoms with Crippen LogP contribution in [0, 0.1) is 5.92 Å². The molecular formula is C26H23ClN4O3. The van der Waals surface area contributed by atoms with Gasteiger partial charge >= 0.3 is 0 Å². The van der Waals surface area contributed by atoms with E-state index in [1.165, 1.54) is 0 Å². The van der Waals surface area contributed by atoms with E-state index in [2.05, 4.69) is 5.32 Å². The lowest BCUT2D eigenvalue weighted by molar-refractivity contribution is -0.118. The zero-order valence-electron chi connectivity index (χ0n) is 18.9. The van der Waals surface area contributed by atoms with Crippen LogP contribution in [0.15, 0.2) is 71.7 Å². The molecular weight excluding hydrogens is 452 g/mol. The lowest BCUT2D eigenvalue weighted by Gasteiger charge is -2.33. The number of para-hydroxylation sites is 3. The van der Waals surface area contributed by atoms with Crippen molar-refractivity contribution in [1.82, 2.24) is 9.55 Å². The summed E-state index contributed by atoms with van der Waals surface area (Å²) in [7, 11) is 3.19. The Morgan fingerprint density at radius 3 is 2.50 bits per heavy atom. The number of fused-ring (bicyclic) bond motifs is 3. The lowest BCUT2D eigenvalue weighted by Crippen LogP contribution is -2.38. The molecule has 1 N–H and O–H groups in total. The molecule has 5 rings (SSSR count). The number of nitrogens with zero attached hydrogens (tertiary/aromatic N) is 3. The molecule has 2 atom stereocenters. The summed E-state index contributed by atoms with van der Waals surface area (Å²) in [5, 5.41) is 3.62. The van der Waals surface area contributed by atoms with Gasteiger partial charge in [-0.2, -0.15) is 0 Å². The zero-order valence-corrected chi connectivity index (χ0v) is 19.7. The van der Waals surface area contributed by atoms with Crippen LogP contribution >= 0.6 is 11.6 Å². The van der Waals surface area contributed by atoms with Crippen LogP contribution in [0.5, 0.6) is 11.5 Å². The number of amides is 1. The number of imidazole rings is 1. The van der Waals surface area contributed by atoms with Gasteiger partial charge in [0.1, 0.15) is 5.92 Å². The molecule has 2 unspecified atom stereocenters. The maximum atomic E-state index is 13.7. The Kier molecular flexibility index (Phi) is 5.71. The first-order chi connectivity index (χ1) is 16.5. The Labute approximate surface area is 202 Å². The molecule has 0 aliphatic carbocycles. The van der Waals surface area contributed by atoms with Gasteiger partial charge in [-0.25, -0.2) is 9.98 Å². The molecule has 0 spiro atoms. The third kappa shape index (κ3) is 3.68. The largest absolute Gasteiger partial charge is 0.493 e. The molecule has 1 aliphatic rings. The van der Waals surface area contributed by atoms with Crippen LogP contribution in [0.25, 0.3) is 11.0 Å². The normalized spacial score (nSPS) is 17.1. The number of ether oxygens (including phenoxy) is 2. The van der Waals surface area contributed by atoms with Crippen molar-refractivity contribution in [2.45, 2.75) is 13.0 Å². The Bertz CT molecular complexity index is 1410. The minimum absolute atomic E-state index is 0.193. The van der Waals surface area contributed by atoms with Crippen LogP contribution in [-0.4, -0.2) is 35.4 Å². The van der Waals surface area contributed by atoms with Crippen LogP contribution in [0.2, 0.25) is 5.02 Å². The van der Waals surface area contributed by atoms with E-state index >= 15 is 0 Å². The molecule has 1 aliphatic heterocycles. The van der Waals surface area contributed by atoms with Crippen molar-refractivity contribution < 1.29 is 14.3 Å². The van der Waals surface area contributed by atoms with Gasteiger partial charge in [0, 0.05) is 22.0 Å². The van der Waals surface area contributed by atoms with E-state index in [0.717, 1.165) is 16.6 Å². The molecule has 3 aromatic carbocycles. The molecule has 1 amide bonds. The van der Waals surface area contributed by atoms with Gasteiger partial charge < -0.3 is 14.8 Å². The number of carbonyl (C=O) groups is 1. The molecule has 8 heteroatoms. The van der Waals surface area contributed by atoms with Crippen molar-refractivity contribution in [2.24, 2.45) is 10.9 Å². The third-order valence-electron chi connectivity index (χ3n) is 6.04. The molecule has 172 valence electrons. The fourth-order valence-electron chi connectivity index (χ4n) is 4.54. The van der Waals surface area contributed by atoms with Crippen LogP contribution in [0.1, 0.15) is 18.5 Å². The molecule has 0 bridgehead atoms. The maximum absolute atomic E-state index is 13.7. The minimum Gasteiger partial charge on any atom is -0.493 e. The summed E-state index contributed by atoms with van der Waals surface area (Å²) in [6, 6.07) is 20.0. The van der Waals surface area contributed by atoms with E-state index in [0.29, 0.717) is 33.9 Å². The number of anilines is 1. The minimum atomic E-state index is -0.623. The Morgan fingerprint density at radius 1 is 1.00 bits per heavy atom. The second kappa shape index (κ2) is 8.83. The quantitative estimate of drug-likeness (QED) is 0.405. The fourth-order valence-corrected chi connectivity index (χ4v) is 4.67. The highest BCUT2D eigenvalue weighted by Gasteiger charge is 2.40. The Hall–Kier alpha value is -3.84. The number of methoxy groups -OCH3 is 2. The first-order valence-electron chi connectivity index (χ1n) is 10.8. The van der Waals surface area contributed by atoms with Crippen molar-refractivity contribution in [3.05, 3.63) is 77.3 Å². The van der Waals surface area contributed by atoms with E-state index in [9.17, 15) is 4.79 Å². The SMILES string of the molecule is COc1cccc(C2C(C(=O)Nc3ccc(Cl)cc3)C(C)=Nc3nc4ccccc4n32)c1OC. The zero-order chi connectivity index (χ0) is 23.8. The smallest absolute Gasteiger partial charge is 0.235 e. The van der Waals surface area contributed by atoms with Gasteiger partial charge in [0.05, 0.1) is 31.3 Å². The van der Waals surface area contributed by atoms with Crippen LogP contribution in [0.4, 0.5) is 11.6 Å². The predicted molar refractivity (Wildman–Crippen MR) is 134 cm³/mol. The summed E-state index contributed by atoms with van der Waals surface area (Å²) in [5.74, 6) is 0.883. The number of hydrogen-bond acceptors (Lipinski definition) is 5. The summed E-state index contributed by atoms with van der Waals surface area (Å²) in [4.78, 5) is 23.2. The summed E-state index contributed by atoms with van der Waals surface area (Å²) < 4.78 is 13.3. The van der Waals surface area contributed by atoms with Gasteiger partial charge in [-0.15, -0.1) is 0 Å². The van der Waals surface area contributed by atoms with Crippen molar-refractivity contribution in [2.75, 3.05) is 19.5 Å². The predicted octanol–water partition coefficient (Wildman–Crippen LogP) is 5.66. The maximum Gasteiger partial charge on any atom is 0.235 e. The highest BCUT2D eigenvalue weighted by atomic mass is 35.5. The number of nitrogens with one attached hydrogen (secondary N) is 1. The second-order valence-corrected chi connectivity index (χ2v) is 8.46. The van der Waals surface area contributed by atoms with Crippen LogP contribution in [-0.2, 0) is 4.79 Å². The van der Waals surface area contributed by atoms with Crippen molar-refractivity contribution >= 4 is 45.9 Å². The summed E-state index contributed by atoms with van der Waals surface area (Å²) in [5.41, 5.74) is 3.80. The van der Waals surface area contributed by atoms with Crippen molar-refractivity contribution in [3.8, 4) is 11.5 Å². The van der Waals surface area contributed by atoms with Gasteiger partial charge in [-0.1, -0.05) is 35.9 Å². The highest BCUT2D eigenvalue weighted by Crippen LogP contribution is 2.45. The molecule has 4 aromatic rings. The number of aliphatic imine (C=N–C) groups is 1. The number of rotatable bonds is 5. The fraction of sp³-hybridized carbons (Fsp3) is 0.192. The molecule has 7 nitrogen and oxygen atoms in total. The van der Waals surface area contributed by atoms with Gasteiger partial charge in [-0.3, -0.25) is 9.36 Å². The Morgan fingerprint density at radius 2 is 1.76 bits per heavy atom.